The van der Waals surface area contributed by atoms with Gasteiger partial charge in [-0.2, -0.15) is 5.26 Å². The SMILES string of the molecule is N#Cc1c(O[C@@H]2CO[C@H](CO)C2)[nH]c2cc(Cl)c(-c3ccc(N4CCOCC4)cc3)nc12. The third kappa shape index (κ3) is 4.00. The van der Waals surface area contributed by atoms with Gasteiger partial charge in [0, 0.05) is 30.8 Å². The minimum atomic E-state index is -0.241. The highest BCUT2D eigenvalue weighted by atomic mass is 35.5. The summed E-state index contributed by atoms with van der Waals surface area (Å²) in [5.74, 6) is 0.345. The number of nitrogens with one attached hydrogen (secondary N) is 1. The van der Waals surface area contributed by atoms with Gasteiger partial charge in [0.25, 0.3) is 0 Å². The highest BCUT2D eigenvalue weighted by molar-refractivity contribution is 6.33. The fourth-order valence-electron chi connectivity index (χ4n) is 4.16. The van der Waals surface area contributed by atoms with E-state index in [1.807, 2.05) is 12.1 Å². The van der Waals surface area contributed by atoms with Crippen LogP contribution in [-0.4, -0.2) is 66.8 Å². The molecule has 0 spiro atoms. The van der Waals surface area contributed by atoms with Crippen LogP contribution in [0.4, 0.5) is 5.69 Å². The van der Waals surface area contributed by atoms with E-state index in [2.05, 4.69) is 28.1 Å². The van der Waals surface area contributed by atoms with Crippen LogP contribution < -0.4 is 9.64 Å². The number of anilines is 1. The minimum absolute atomic E-state index is 0.0531. The van der Waals surface area contributed by atoms with Crippen LogP contribution in [0.15, 0.2) is 30.3 Å². The molecule has 2 aromatic heterocycles. The zero-order chi connectivity index (χ0) is 22.1. The molecule has 8 nitrogen and oxygen atoms in total. The predicted octanol–water partition coefficient (Wildman–Crippen LogP) is 3.12. The molecule has 2 atom stereocenters. The van der Waals surface area contributed by atoms with Crippen molar-refractivity contribution in [2.24, 2.45) is 0 Å². The van der Waals surface area contributed by atoms with Crippen molar-refractivity contribution in [2.75, 3.05) is 44.4 Å². The van der Waals surface area contributed by atoms with Crippen LogP contribution in [0.5, 0.6) is 5.88 Å². The van der Waals surface area contributed by atoms with Crippen molar-refractivity contribution in [3.05, 3.63) is 40.9 Å². The number of hydrogen-bond acceptors (Lipinski definition) is 7. The van der Waals surface area contributed by atoms with Gasteiger partial charge in [0.05, 0.1) is 48.8 Å². The summed E-state index contributed by atoms with van der Waals surface area (Å²) in [6, 6.07) is 12.1. The van der Waals surface area contributed by atoms with Crippen molar-refractivity contribution >= 4 is 28.3 Å². The number of morpholine rings is 1. The molecule has 0 bridgehead atoms. The fraction of sp³-hybridized carbons (Fsp3) is 0.391. The van der Waals surface area contributed by atoms with Crippen LogP contribution >= 0.6 is 11.6 Å². The highest BCUT2D eigenvalue weighted by Gasteiger charge is 2.28. The van der Waals surface area contributed by atoms with Gasteiger partial charge in [-0.05, 0) is 18.2 Å². The number of aromatic nitrogens is 2. The van der Waals surface area contributed by atoms with Crippen molar-refractivity contribution in [3.8, 4) is 23.2 Å². The molecule has 0 saturated carbocycles. The van der Waals surface area contributed by atoms with Crippen molar-refractivity contribution in [3.63, 3.8) is 0 Å². The van der Waals surface area contributed by atoms with Gasteiger partial charge < -0.3 is 29.2 Å². The van der Waals surface area contributed by atoms with Crippen LogP contribution in [0.3, 0.4) is 0 Å². The Morgan fingerprint density at radius 1 is 1.28 bits per heavy atom. The van der Waals surface area contributed by atoms with Gasteiger partial charge in [-0.1, -0.05) is 23.7 Å². The van der Waals surface area contributed by atoms with E-state index in [9.17, 15) is 10.4 Å². The Bertz CT molecular complexity index is 1150. The molecule has 166 valence electrons. The number of ether oxygens (including phenoxy) is 3. The molecule has 1 aromatic carbocycles. The topological polar surface area (TPSA) is 104 Å². The number of aliphatic hydroxyl groups is 1. The number of benzene rings is 1. The maximum atomic E-state index is 9.78. The molecular formula is C23H23ClN4O4. The molecular weight excluding hydrogens is 432 g/mol. The van der Waals surface area contributed by atoms with E-state index in [0.29, 0.717) is 46.2 Å². The Balaban J connectivity index is 1.44. The molecule has 3 aromatic rings. The lowest BCUT2D eigenvalue weighted by Gasteiger charge is -2.28. The summed E-state index contributed by atoms with van der Waals surface area (Å²) in [5, 5.41) is 19.5. The molecule has 2 aliphatic heterocycles. The first-order valence-corrected chi connectivity index (χ1v) is 11.0. The van der Waals surface area contributed by atoms with Gasteiger partial charge >= 0.3 is 0 Å². The van der Waals surface area contributed by atoms with Crippen LogP contribution in [0, 0.1) is 11.3 Å². The van der Waals surface area contributed by atoms with E-state index in [1.54, 1.807) is 6.07 Å². The summed E-state index contributed by atoms with van der Waals surface area (Å²) in [6.07, 6.45) is 0.0792. The van der Waals surface area contributed by atoms with Crippen molar-refractivity contribution < 1.29 is 19.3 Å². The molecule has 2 aliphatic rings. The van der Waals surface area contributed by atoms with E-state index in [0.717, 1.165) is 37.6 Å². The maximum Gasteiger partial charge on any atom is 0.212 e. The minimum Gasteiger partial charge on any atom is -0.472 e. The number of aromatic amines is 1. The lowest BCUT2D eigenvalue weighted by molar-refractivity contribution is 0.0531. The van der Waals surface area contributed by atoms with Crippen LogP contribution in [0.2, 0.25) is 5.02 Å². The number of nitrogens with zero attached hydrogens (tertiary/aromatic N) is 3. The zero-order valence-electron chi connectivity index (χ0n) is 17.4. The molecule has 2 fully saturated rings. The molecule has 9 heteroatoms. The van der Waals surface area contributed by atoms with E-state index in [4.69, 9.17) is 30.8 Å². The summed E-state index contributed by atoms with van der Waals surface area (Å²) >= 11 is 6.56. The van der Waals surface area contributed by atoms with Crippen molar-refractivity contribution in [2.45, 2.75) is 18.6 Å². The van der Waals surface area contributed by atoms with Gasteiger partial charge in [0.2, 0.25) is 5.88 Å². The molecule has 0 aliphatic carbocycles. The Morgan fingerprint density at radius 2 is 2.06 bits per heavy atom. The monoisotopic (exact) mass is 454 g/mol. The normalized spacial score (nSPS) is 21.1. The number of pyridine rings is 1. The molecule has 0 unspecified atom stereocenters. The fourth-order valence-corrected chi connectivity index (χ4v) is 4.42. The van der Waals surface area contributed by atoms with Gasteiger partial charge in [-0.25, -0.2) is 4.98 Å². The first-order chi connectivity index (χ1) is 15.7. The number of hydrogen-bond donors (Lipinski definition) is 2. The number of fused-ring (bicyclic) bond motifs is 1. The summed E-state index contributed by atoms with van der Waals surface area (Å²) < 4.78 is 16.9. The molecule has 5 rings (SSSR count). The molecule has 0 radical (unpaired) electrons. The average molecular weight is 455 g/mol. The summed E-state index contributed by atoms with van der Waals surface area (Å²) in [5.41, 5.74) is 4.08. The summed E-state index contributed by atoms with van der Waals surface area (Å²) in [6.45, 7) is 3.51. The molecule has 32 heavy (non-hydrogen) atoms. The lowest BCUT2D eigenvalue weighted by atomic mass is 10.1. The summed E-state index contributed by atoms with van der Waals surface area (Å²) in [7, 11) is 0. The van der Waals surface area contributed by atoms with Crippen LogP contribution in [0.1, 0.15) is 12.0 Å². The Hall–Kier alpha value is -2.83. The Morgan fingerprint density at radius 3 is 2.75 bits per heavy atom. The number of nitriles is 1. The smallest absolute Gasteiger partial charge is 0.212 e. The third-order valence-corrected chi connectivity index (χ3v) is 6.14. The van der Waals surface area contributed by atoms with Gasteiger partial charge in [-0.15, -0.1) is 0 Å². The first kappa shape index (κ1) is 21.0. The van der Waals surface area contributed by atoms with E-state index < -0.39 is 0 Å². The lowest BCUT2D eigenvalue weighted by Crippen LogP contribution is -2.36. The Labute approximate surface area is 190 Å². The van der Waals surface area contributed by atoms with E-state index in [-0.39, 0.29) is 18.8 Å². The van der Waals surface area contributed by atoms with E-state index >= 15 is 0 Å². The van der Waals surface area contributed by atoms with Gasteiger partial charge in [0.15, 0.2) is 0 Å². The summed E-state index contributed by atoms with van der Waals surface area (Å²) in [4.78, 5) is 10.1. The second-order valence-corrected chi connectivity index (χ2v) is 8.32. The number of halogens is 1. The van der Waals surface area contributed by atoms with Crippen LogP contribution in [-0.2, 0) is 9.47 Å². The standard InChI is InChI=1S/C23H23ClN4O4/c24-19-10-20-22(18(11-25)23(26-20)32-17-9-16(12-29)31-13-17)27-21(19)14-1-3-15(4-2-14)28-5-7-30-8-6-28/h1-4,10,16-17,26,29H,5-9,12-13H2/t16-,17-/m0/s1. The van der Waals surface area contributed by atoms with Crippen molar-refractivity contribution in [1.82, 2.24) is 9.97 Å². The largest absolute Gasteiger partial charge is 0.472 e. The van der Waals surface area contributed by atoms with E-state index in [1.165, 1.54) is 0 Å². The predicted molar refractivity (Wildman–Crippen MR) is 120 cm³/mol. The molecule has 2 N–H and O–H groups in total. The molecule has 0 amide bonds. The quantitative estimate of drug-likeness (QED) is 0.610. The molecule has 2 saturated heterocycles. The second-order valence-electron chi connectivity index (χ2n) is 7.92. The zero-order valence-corrected chi connectivity index (χ0v) is 18.1. The van der Waals surface area contributed by atoms with Crippen LogP contribution in [0.25, 0.3) is 22.3 Å². The Kier molecular flexibility index (Phi) is 5.89. The molecule has 4 heterocycles. The van der Waals surface area contributed by atoms with Crippen molar-refractivity contribution in [1.29, 1.82) is 5.26 Å². The van der Waals surface area contributed by atoms with Gasteiger partial charge in [-0.3, -0.25) is 0 Å². The third-order valence-electron chi connectivity index (χ3n) is 5.85. The average Bonchev–Trinajstić information content (AvgIpc) is 3.42. The highest BCUT2D eigenvalue weighted by Crippen LogP contribution is 2.35. The second kappa shape index (κ2) is 8.96. The van der Waals surface area contributed by atoms with Gasteiger partial charge in [0.1, 0.15) is 23.3 Å². The maximum absolute atomic E-state index is 9.78. The number of aliphatic hydroxyl groups excluding tert-OH is 1. The number of rotatable bonds is 5. The number of H-pyrrole nitrogens is 1. The first-order valence-electron chi connectivity index (χ1n) is 10.6.